The molecule has 2 heterocycles. The fraction of sp³-hybridized carbons (Fsp3) is 0.409. The molecule has 1 N–H and O–H groups in total. The standard InChI is InChI=1S/C22H26N4O3S2/c1-4-26-21(16-12-30-19-8-6-5-7-15(16)19)24-25-22(26)31-13-20(27)23-17-10-9-14(28-2)11-18(17)29-3/h9-12H,4-8,13H2,1-3H3,(H,23,27). The van der Waals surface area contributed by atoms with Gasteiger partial charge in [-0.25, -0.2) is 0 Å². The average Bonchev–Trinajstić information content (AvgIpc) is 3.41. The number of anilines is 1. The number of hydrogen-bond donors (Lipinski definition) is 1. The third-order valence-corrected chi connectivity index (χ3v) is 7.41. The van der Waals surface area contributed by atoms with Crippen molar-refractivity contribution in [3.05, 3.63) is 34.0 Å². The molecular weight excluding hydrogens is 432 g/mol. The van der Waals surface area contributed by atoms with Crippen molar-refractivity contribution in [2.45, 2.75) is 44.3 Å². The summed E-state index contributed by atoms with van der Waals surface area (Å²) in [6.45, 7) is 2.83. The van der Waals surface area contributed by atoms with Crippen LogP contribution in [0.4, 0.5) is 5.69 Å². The largest absolute Gasteiger partial charge is 0.497 e. The molecule has 2 aromatic heterocycles. The number of benzene rings is 1. The predicted molar refractivity (Wildman–Crippen MR) is 125 cm³/mol. The molecule has 3 aromatic rings. The van der Waals surface area contributed by atoms with Crippen molar-refractivity contribution in [1.29, 1.82) is 0 Å². The number of rotatable bonds is 8. The van der Waals surface area contributed by atoms with Gasteiger partial charge >= 0.3 is 0 Å². The molecule has 0 spiro atoms. The highest BCUT2D eigenvalue weighted by molar-refractivity contribution is 7.99. The zero-order chi connectivity index (χ0) is 21.8. The Morgan fingerprint density at radius 1 is 1.23 bits per heavy atom. The van der Waals surface area contributed by atoms with Crippen molar-refractivity contribution < 1.29 is 14.3 Å². The SMILES string of the molecule is CCn1c(SCC(=O)Nc2ccc(OC)cc2OC)nnc1-c1csc2c1CCCC2. The number of thiophene rings is 1. The van der Waals surface area contributed by atoms with Crippen molar-refractivity contribution in [3.63, 3.8) is 0 Å². The van der Waals surface area contributed by atoms with E-state index in [4.69, 9.17) is 9.47 Å². The van der Waals surface area contributed by atoms with Gasteiger partial charge in [0.1, 0.15) is 11.5 Å². The van der Waals surface area contributed by atoms with Gasteiger partial charge in [-0.3, -0.25) is 4.79 Å². The van der Waals surface area contributed by atoms with Crippen molar-refractivity contribution in [2.75, 3.05) is 25.3 Å². The molecule has 1 amide bonds. The van der Waals surface area contributed by atoms with Crippen LogP contribution in [-0.2, 0) is 24.2 Å². The fourth-order valence-electron chi connectivity index (χ4n) is 3.78. The summed E-state index contributed by atoms with van der Waals surface area (Å²) in [4.78, 5) is 14.0. The van der Waals surface area contributed by atoms with Crippen molar-refractivity contribution in [2.24, 2.45) is 0 Å². The highest BCUT2D eigenvalue weighted by Gasteiger charge is 2.22. The van der Waals surface area contributed by atoms with Gasteiger partial charge in [-0.05, 0) is 50.3 Å². The molecule has 0 unspecified atom stereocenters. The number of fused-ring (bicyclic) bond motifs is 1. The van der Waals surface area contributed by atoms with E-state index in [1.54, 1.807) is 32.4 Å². The number of methoxy groups -OCH3 is 2. The molecule has 164 valence electrons. The Hall–Kier alpha value is -2.52. The van der Waals surface area contributed by atoms with Crippen LogP contribution in [0, 0.1) is 0 Å². The van der Waals surface area contributed by atoms with E-state index in [1.807, 2.05) is 11.3 Å². The quantitative estimate of drug-likeness (QED) is 0.495. The Morgan fingerprint density at radius 3 is 2.84 bits per heavy atom. The van der Waals surface area contributed by atoms with Gasteiger partial charge in [0.25, 0.3) is 0 Å². The number of aromatic nitrogens is 3. The maximum atomic E-state index is 12.6. The number of amides is 1. The van der Waals surface area contributed by atoms with E-state index in [1.165, 1.54) is 40.6 Å². The van der Waals surface area contributed by atoms with Crippen LogP contribution in [0.15, 0.2) is 28.7 Å². The van der Waals surface area contributed by atoms with Crippen LogP contribution in [0.1, 0.15) is 30.2 Å². The van der Waals surface area contributed by atoms with Crippen LogP contribution >= 0.6 is 23.1 Å². The summed E-state index contributed by atoms with van der Waals surface area (Å²) in [6.07, 6.45) is 4.77. The monoisotopic (exact) mass is 458 g/mol. The lowest BCUT2D eigenvalue weighted by molar-refractivity contribution is -0.113. The first-order chi connectivity index (χ1) is 15.1. The third-order valence-electron chi connectivity index (χ3n) is 5.35. The van der Waals surface area contributed by atoms with Crippen LogP contribution in [0.3, 0.4) is 0 Å². The lowest BCUT2D eigenvalue weighted by atomic mass is 9.96. The number of ether oxygens (including phenoxy) is 2. The van der Waals surface area contributed by atoms with Gasteiger partial charge in [-0.2, -0.15) is 0 Å². The lowest BCUT2D eigenvalue weighted by Gasteiger charge is -2.13. The van der Waals surface area contributed by atoms with Gasteiger partial charge in [0, 0.05) is 28.4 Å². The first kappa shape index (κ1) is 21.7. The number of hydrogen-bond acceptors (Lipinski definition) is 7. The summed E-state index contributed by atoms with van der Waals surface area (Å²) in [6, 6.07) is 5.30. The lowest BCUT2D eigenvalue weighted by Crippen LogP contribution is -2.15. The highest BCUT2D eigenvalue weighted by atomic mass is 32.2. The molecule has 1 aliphatic rings. The molecule has 1 aromatic carbocycles. The molecule has 0 fully saturated rings. The first-order valence-corrected chi connectivity index (χ1v) is 12.2. The summed E-state index contributed by atoms with van der Waals surface area (Å²) >= 11 is 3.22. The maximum absolute atomic E-state index is 12.6. The number of nitrogens with zero attached hydrogens (tertiary/aromatic N) is 3. The Bertz CT molecular complexity index is 1080. The van der Waals surface area contributed by atoms with Crippen molar-refractivity contribution >= 4 is 34.7 Å². The van der Waals surface area contributed by atoms with Crippen LogP contribution < -0.4 is 14.8 Å². The predicted octanol–water partition coefficient (Wildman–Crippen LogP) is 4.65. The molecule has 0 saturated carbocycles. The molecule has 1 aliphatic carbocycles. The molecule has 9 heteroatoms. The minimum Gasteiger partial charge on any atom is -0.497 e. The van der Waals surface area contributed by atoms with E-state index in [-0.39, 0.29) is 11.7 Å². The summed E-state index contributed by atoms with van der Waals surface area (Å²) < 4.78 is 12.7. The maximum Gasteiger partial charge on any atom is 0.234 e. The molecule has 0 atom stereocenters. The average molecular weight is 459 g/mol. The van der Waals surface area contributed by atoms with Gasteiger partial charge < -0.3 is 19.4 Å². The molecule has 0 bridgehead atoms. The van der Waals surface area contributed by atoms with Crippen LogP contribution in [0.2, 0.25) is 0 Å². The first-order valence-electron chi connectivity index (χ1n) is 10.3. The van der Waals surface area contributed by atoms with E-state index in [2.05, 4.69) is 32.4 Å². The van der Waals surface area contributed by atoms with Gasteiger partial charge in [0.2, 0.25) is 5.91 Å². The van der Waals surface area contributed by atoms with E-state index in [0.717, 1.165) is 30.4 Å². The van der Waals surface area contributed by atoms with Gasteiger partial charge in [-0.15, -0.1) is 21.5 Å². The molecule has 31 heavy (non-hydrogen) atoms. The van der Waals surface area contributed by atoms with Gasteiger partial charge in [0.15, 0.2) is 11.0 Å². The minimum absolute atomic E-state index is 0.131. The summed E-state index contributed by atoms with van der Waals surface area (Å²) in [5.74, 6) is 2.23. The number of carbonyl (C=O) groups is 1. The smallest absolute Gasteiger partial charge is 0.234 e. The molecule has 0 radical (unpaired) electrons. The zero-order valence-electron chi connectivity index (χ0n) is 17.9. The number of thioether (sulfide) groups is 1. The highest BCUT2D eigenvalue weighted by Crippen LogP contribution is 2.37. The topological polar surface area (TPSA) is 78.3 Å². The van der Waals surface area contributed by atoms with Gasteiger partial charge in [-0.1, -0.05) is 11.8 Å². The van der Waals surface area contributed by atoms with Gasteiger partial charge in [0.05, 0.1) is 25.7 Å². The summed E-state index contributed by atoms with van der Waals surface area (Å²) in [7, 11) is 3.15. The van der Waals surface area contributed by atoms with E-state index < -0.39 is 0 Å². The van der Waals surface area contributed by atoms with E-state index in [9.17, 15) is 4.79 Å². The van der Waals surface area contributed by atoms with E-state index >= 15 is 0 Å². The van der Waals surface area contributed by atoms with Crippen molar-refractivity contribution in [1.82, 2.24) is 14.8 Å². The second-order valence-corrected chi connectivity index (χ2v) is 9.12. The Morgan fingerprint density at radius 2 is 2.06 bits per heavy atom. The second kappa shape index (κ2) is 9.74. The molecule has 4 rings (SSSR count). The number of aryl methyl sites for hydroxylation is 1. The Balaban J connectivity index is 1.46. The molecule has 0 aliphatic heterocycles. The zero-order valence-corrected chi connectivity index (χ0v) is 19.6. The summed E-state index contributed by atoms with van der Waals surface area (Å²) in [5, 5.41) is 14.7. The normalized spacial score (nSPS) is 13.0. The summed E-state index contributed by atoms with van der Waals surface area (Å²) in [5.41, 5.74) is 3.24. The number of carbonyl (C=O) groups excluding carboxylic acids is 1. The van der Waals surface area contributed by atoms with Crippen LogP contribution in [0.5, 0.6) is 11.5 Å². The van der Waals surface area contributed by atoms with Crippen LogP contribution in [-0.4, -0.2) is 40.6 Å². The van der Waals surface area contributed by atoms with Crippen LogP contribution in [0.25, 0.3) is 11.4 Å². The minimum atomic E-state index is -0.131. The molecule has 7 nitrogen and oxygen atoms in total. The molecule has 0 saturated heterocycles. The number of nitrogens with one attached hydrogen (secondary N) is 1. The second-order valence-electron chi connectivity index (χ2n) is 7.21. The van der Waals surface area contributed by atoms with Crippen molar-refractivity contribution in [3.8, 4) is 22.9 Å². The molecular formula is C22H26N4O3S2. The fourth-order valence-corrected chi connectivity index (χ4v) is 5.71. The van der Waals surface area contributed by atoms with E-state index in [0.29, 0.717) is 17.2 Å². The Kier molecular flexibility index (Phi) is 6.82. The third kappa shape index (κ3) is 4.57. The Labute approximate surface area is 190 Å².